The first kappa shape index (κ1) is 19.3. The van der Waals surface area contributed by atoms with Crippen LogP contribution >= 0.6 is 11.0 Å². The predicted molar refractivity (Wildman–Crippen MR) is 107 cm³/mol. The molecular weight excluding hydrogens is 384 g/mol. The number of likely N-dealkylation sites (tertiary alicyclic amines) is 1. The molecule has 3 heterocycles. The van der Waals surface area contributed by atoms with Crippen molar-refractivity contribution >= 4 is 28.4 Å². The number of ether oxygens (including phenoxy) is 2. The van der Waals surface area contributed by atoms with Crippen molar-refractivity contribution in [1.82, 2.24) is 4.90 Å². The Morgan fingerprint density at radius 2 is 2.29 bits per heavy atom. The Hall–Kier alpha value is -2.01. The number of amides is 1. The summed E-state index contributed by atoms with van der Waals surface area (Å²) in [7, 11) is -3.32. The van der Waals surface area contributed by atoms with E-state index >= 15 is 0 Å². The van der Waals surface area contributed by atoms with Crippen LogP contribution in [0, 0.1) is 11.8 Å². The fraction of sp³-hybridized carbons (Fsp3) is 0.556. The normalized spacial score (nSPS) is 27.4. The monoisotopic (exact) mass is 410 g/mol. The molecule has 0 bridgehead atoms. The van der Waals surface area contributed by atoms with Crippen LogP contribution in [0.15, 0.2) is 22.6 Å². The quantitative estimate of drug-likeness (QED) is 0.598. The number of nitrogens with zero attached hydrogens (tertiary/aromatic N) is 2. The molecular formula is C18H26N4O5S. The zero-order valence-corrected chi connectivity index (χ0v) is 16.4. The lowest BCUT2D eigenvalue weighted by atomic mass is 9.97. The van der Waals surface area contributed by atoms with Crippen molar-refractivity contribution in [2.24, 2.45) is 22.0 Å². The molecule has 4 rings (SSSR count). The van der Waals surface area contributed by atoms with Gasteiger partial charge in [-0.25, -0.2) is 0 Å². The third kappa shape index (κ3) is 4.04. The van der Waals surface area contributed by atoms with Gasteiger partial charge in [-0.05, 0) is 42.4 Å². The predicted octanol–water partition coefficient (Wildman–Crippen LogP) is 2.05. The molecule has 0 saturated carbocycles. The number of benzene rings is 1. The molecule has 2 atom stereocenters. The number of nitrogens with one attached hydrogen (secondary N) is 1. The Labute approximate surface area is 165 Å². The highest BCUT2D eigenvalue weighted by molar-refractivity contribution is 8.24. The maximum Gasteiger partial charge on any atom is 0.228 e. The summed E-state index contributed by atoms with van der Waals surface area (Å²) in [5, 5.41) is 0. The lowest BCUT2D eigenvalue weighted by Gasteiger charge is -2.35. The molecule has 1 amide bonds. The highest BCUT2D eigenvalue weighted by Crippen LogP contribution is 2.46. The molecule has 9 nitrogen and oxygen atoms in total. The van der Waals surface area contributed by atoms with Crippen LogP contribution < -0.4 is 15.2 Å². The number of anilines is 1. The second-order valence-electron chi connectivity index (χ2n) is 7.44. The van der Waals surface area contributed by atoms with E-state index in [0.717, 1.165) is 25.8 Å². The number of fused-ring (bicyclic) bond motifs is 1. The highest BCUT2D eigenvalue weighted by atomic mass is 32.3. The molecule has 0 spiro atoms. The first-order valence-electron chi connectivity index (χ1n) is 9.47. The van der Waals surface area contributed by atoms with Crippen molar-refractivity contribution in [3.8, 4) is 5.75 Å². The van der Waals surface area contributed by atoms with Crippen LogP contribution in [0.3, 0.4) is 0 Å². The van der Waals surface area contributed by atoms with Crippen LogP contribution in [0.25, 0.3) is 0 Å². The maximum atomic E-state index is 12.6. The highest BCUT2D eigenvalue weighted by Gasteiger charge is 2.32. The van der Waals surface area contributed by atoms with Crippen LogP contribution in [-0.4, -0.2) is 58.7 Å². The molecule has 2 fully saturated rings. The summed E-state index contributed by atoms with van der Waals surface area (Å²) < 4.78 is 37.2. The number of hydrogen-bond donors (Lipinski definition) is 4. The van der Waals surface area contributed by atoms with Crippen molar-refractivity contribution in [2.75, 3.05) is 37.6 Å². The number of hydrogen-bond acceptors (Lipinski definition) is 8. The third-order valence-corrected chi connectivity index (χ3v) is 6.28. The Balaban J connectivity index is 1.40. The van der Waals surface area contributed by atoms with E-state index in [1.165, 1.54) is 0 Å². The smallest absolute Gasteiger partial charge is 0.228 e. The van der Waals surface area contributed by atoms with Crippen LogP contribution in [-0.2, 0) is 9.53 Å². The lowest BCUT2D eigenvalue weighted by Crippen LogP contribution is -2.44. The van der Waals surface area contributed by atoms with Crippen LogP contribution in [0.2, 0.25) is 0 Å². The average Bonchev–Trinajstić information content (AvgIpc) is 3.19. The van der Waals surface area contributed by atoms with Gasteiger partial charge in [-0.15, -0.1) is 4.40 Å². The first-order chi connectivity index (χ1) is 13.4. The van der Waals surface area contributed by atoms with Gasteiger partial charge in [-0.1, -0.05) is 6.07 Å². The molecule has 3 aliphatic heterocycles. The minimum absolute atomic E-state index is 0.0115. The van der Waals surface area contributed by atoms with Gasteiger partial charge in [0.05, 0.1) is 30.4 Å². The molecule has 154 valence electrons. The Morgan fingerprint density at radius 3 is 3.07 bits per heavy atom. The maximum absolute atomic E-state index is 12.6. The molecule has 0 radical (unpaired) electrons. The number of carbonyl (C=O) groups excluding carboxylic acids is 1. The molecule has 0 aromatic heterocycles. The van der Waals surface area contributed by atoms with Gasteiger partial charge >= 0.3 is 0 Å². The molecule has 1 aromatic carbocycles. The van der Waals surface area contributed by atoms with Gasteiger partial charge in [-0.2, -0.15) is 0 Å². The molecule has 3 aliphatic rings. The van der Waals surface area contributed by atoms with E-state index in [1.54, 1.807) is 18.2 Å². The van der Waals surface area contributed by atoms with E-state index in [-0.39, 0.29) is 23.6 Å². The Kier molecular flexibility index (Phi) is 5.37. The summed E-state index contributed by atoms with van der Waals surface area (Å²) in [6.45, 7) is 3.10. The van der Waals surface area contributed by atoms with Crippen LogP contribution in [0.1, 0.15) is 24.8 Å². The number of amidine groups is 1. The molecule has 1 aromatic rings. The summed E-state index contributed by atoms with van der Waals surface area (Å²) in [6, 6.07) is 5.23. The molecule has 10 heteroatoms. The zero-order valence-electron chi connectivity index (χ0n) is 15.5. The van der Waals surface area contributed by atoms with Crippen LogP contribution in [0.5, 0.6) is 5.75 Å². The van der Waals surface area contributed by atoms with Gasteiger partial charge in [0.25, 0.3) is 0 Å². The summed E-state index contributed by atoms with van der Waals surface area (Å²) in [4.78, 5) is 14.6. The topological polar surface area (TPSA) is 130 Å². The zero-order chi connectivity index (χ0) is 19.7. The second-order valence-corrected chi connectivity index (χ2v) is 8.86. The van der Waals surface area contributed by atoms with Gasteiger partial charge in [0.15, 0.2) is 5.84 Å². The van der Waals surface area contributed by atoms with E-state index in [0.29, 0.717) is 43.4 Å². The SMILES string of the molecule is NC1=NS(O)(O)Nc2cccc(OC[C@H]3CCCN(C(=O)C4CCOC4)C3)c21. The molecule has 0 aliphatic carbocycles. The van der Waals surface area contributed by atoms with Crippen molar-refractivity contribution < 1.29 is 23.4 Å². The number of nitrogens with two attached hydrogens (primary N) is 1. The summed E-state index contributed by atoms with van der Waals surface area (Å²) >= 11 is 0. The average molecular weight is 410 g/mol. The minimum atomic E-state index is -3.32. The van der Waals surface area contributed by atoms with Gasteiger partial charge in [0.1, 0.15) is 5.75 Å². The van der Waals surface area contributed by atoms with Crippen molar-refractivity contribution in [1.29, 1.82) is 0 Å². The standard InChI is InChI=1S/C18H26N4O5S/c19-17-16-14(20-28(24,25)21-17)4-1-5-15(16)27-10-12-3-2-7-22(9-12)18(23)13-6-8-26-11-13/h1,4-5,12-13,20,24-25H,2-3,6-11H2,(H2,19,21)/t12-,13?/m0/s1. The molecule has 5 N–H and O–H groups in total. The second kappa shape index (κ2) is 7.78. The fourth-order valence-corrected chi connectivity index (χ4v) is 4.83. The largest absolute Gasteiger partial charge is 0.492 e. The molecule has 1 unspecified atom stereocenters. The number of rotatable bonds is 4. The summed E-state index contributed by atoms with van der Waals surface area (Å²) in [5.41, 5.74) is 6.94. The van der Waals surface area contributed by atoms with Crippen molar-refractivity contribution in [3.05, 3.63) is 23.8 Å². The summed E-state index contributed by atoms with van der Waals surface area (Å²) in [6.07, 6.45) is 2.74. The van der Waals surface area contributed by atoms with Crippen molar-refractivity contribution in [3.63, 3.8) is 0 Å². The summed E-state index contributed by atoms with van der Waals surface area (Å²) in [5.74, 6) is 0.971. The van der Waals surface area contributed by atoms with E-state index in [4.69, 9.17) is 15.2 Å². The Morgan fingerprint density at radius 1 is 1.43 bits per heavy atom. The van der Waals surface area contributed by atoms with Gasteiger partial charge in [0, 0.05) is 25.6 Å². The third-order valence-electron chi connectivity index (χ3n) is 5.34. The van der Waals surface area contributed by atoms with E-state index in [2.05, 4.69) is 9.12 Å². The van der Waals surface area contributed by atoms with E-state index in [1.807, 2.05) is 4.90 Å². The fourth-order valence-electron chi connectivity index (χ4n) is 3.95. The molecule has 2 saturated heterocycles. The Bertz CT molecular complexity index is 781. The van der Waals surface area contributed by atoms with E-state index < -0.39 is 11.0 Å². The molecule has 28 heavy (non-hydrogen) atoms. The van der Waals surface area contributed by atoms with Crippen molar-refractivity contribution in [2.45, 2.75) is 19.3 Å². The lowest BCUT2D eigenvalue weighted by molar-refractivity contribution is -0.137. The van der Waals surface area contributed by atoms with Gasteiger partial charge < -0.3 is 20.1 Å². The van der Waals surface area contributed by atoms with Gasteiger partial charge in [0.2, 0.25) is 5.91 Å². The first-order valence-corrected chi connectivity index (χ1v) is 11.0. The minimum Gasteiger partial charge on any atom is -0.492 e. The van der Waals surface area contributed by atoms with E-state index in [9.17, 15) is 13.9 Å². The number of carbonyl (C=O) groups is 1. The van der Waals surface area contributed by atoms with Crippen LogP contribution in [0.4, 0.5) is 5.69 Å². The van der Waals surface area contributed by atoms with Gasteiger partial charge in [-0.3, -0.25) is 18.6 Å². The number of piperidine rings is 1.